The van der Waals surface area contributed by atoms with Gasteiger partial charge in [0, 0.05) is 17.1 Å². The van der Waals surface area contributed by atoms with E-state index in [9.17, 15) is 0 Å². The first-order valence-corrected chi connectivity index (χ1v) is 6.94. The van der Waals surface area contributed by atoms with Crippen LogP contribution in [0.25, 0.3) is 10.9 Å². The molecule has 0 aliphatic heterocycles. The van der Waals surface area contributed by atoms with Crippen molar-refractivity contribution in [3.05, 3.63) is 41.1 Å². The van der Waals surface area contributed by atoms with Crippen LogP contribution >= 0.6 is 0 Å². The molecule has 1 aromatic carbocycles. The Morgan fingerprint density at radius 3 is 2.53 bits per heavy atom. The Bertz CT molecular complexity index is 592. The minimum absolute atomic E-state index is 0.103. The maximum Gasteiger partial charge on any atom is 0.0745 e. The molecule has 1 heterocycles. The molecule has 0 amide bonds. The average molecular weight is 256 g/mol. The van der Waals surface area contributed by atoms with Crippen LogP contribution < -0.4 is 5.73 Å². The van der Waals surface area contributed by atoms with Crippen LogP contribution in [0.2, 0.25) is 0 Å². The van der Waals surface area contributed by atoms with Crippen molar-refractivity contribution in [2.24, 2.45) is 5.73 Å². The SMILES string of the molecule is Cc1cc(CC(C)N)c2cccc(C(C)(C)C)c2n1. The third-order valence-corrected chi connectivity index (χ3v) is 3.40. The fourth-order valence-corrected chi connectivity index (χ4v) is 2.58. The molecule has 0 aliphatic carbocycles. The molecule has 2 aromatic rings. The topological polar surface area (TPSA) is 38.9 Å². The Balaban J connectivity index is 2.74. The van der Waals surface area contributed by atoms with Crippen LogP contribution in [0, 0.1) is 6.92 Å². The molecule has 2 nitrogen and oxygen atoms in total. The number of benzene rings is 1. The van der Waals surface area contributed by atoms with E-state index in [1.54, 1.807) is 0 Å². The van der Waals surface area contributed by atoms with E-state index in [4.69, 9.17) is 10.7 Å². The van der Waals surface area contributed by atoms with Crippen LogP contribution in [0.15, 0.2) is 24.3 Å². The first-order valence-electron chi connectivity index (χ1n) is 6.94. The van der Waals surface area contributed by atoms with Gasteiger partial charge in [-0.05, 0) is 42.9 Å². The molecular formula is C17H24N2. The van der Waals surface area contributed by atoms with Crippen molar-refractivity contribution in [1.82, 2.24) is 4.98 Å². The van der Waals surface area contributed by atoms with Gasteiger partial charge in [-0.2, -0.15) is 0 Å². The Morgan fingerprint density at radius 1 is 1.26 bits per heavy atom. The first kappa shape index (κ1) is 14.0. The molecule has 1 atom stereocenters. The van der Waals surface area contributed by atoms with E-state index in [0.29, 0.717) is 0 Å². The summed E-state index contributed by atoms with van der Waals surface area (Å²) in [5.41, 5.74) is 10.9. The molecule has 0 saturated carbocycles. The lowest BCUT2D eigenvalue weighted by atomic mass is 9.84. The fraction of sp³-hybridized carbons (Fsp3) is 0.471. The zero-order valence-corrected chi connectivity index (χ0v) is 12.6. The van der Waals surface area contributed by atoms with Crippen LogP contribution in [0.5, 0.6) is 0 Å². The van der Waals surface area contributed by atoms with E-state index in [1.807, 2.05) is 0 Å². The molecule has 0 aliphatic rings. The number of hydrogen-bond acceptors (Lipinski definition) is 2. The number of para-hydroxylation sites is 1. The molecular weight excluding hydrogens is 232 g/mol. The van der Waals surface area contributed by atoms with Crippen molar-refractivity contribution >= 4 is 10.9 Å². The number of aryl methyl sites for hydroxylation is 1. The van der Waals surface area contributed by atoms with E-state index in [0.717, 1.165) is 17.6 Å². The maximum absolute atomic E-state index is 5.97. The molecule has 0 bridgehead atoms. The molecule has 0 spiro atoms. The third kappa shape index (κ3) is 2.95. The van der Waals surface area contributed by atoms with Gasteiger partial charge < -0.3 is 5.73 Å². The highest BCUT2D eigenvalue weighted by atomic mass is 14.7. The van der Waals surface area contributed by atoms with Crippen molar-refractivity contribution in [2.45, 2.75) is 52.5 Å². The Morgan fingerprint density at radius 2 is 1.95 bits per heavy atom. The molecule has 0 radical (unpaired) electrons. The summed E-state index contributed by atoms with van der Waals surface area (Å²) in [5, 5.41) is 1.25. The summed E-state index contributed by atoms with van der Waals surface area (Å²) in [4.78, 5) is 4.77. The number of fused-ring (bicyclic) bond motifs is 1. The molecule has 19 heavy (non-hydrogen) atoms. The summed E-state index contributed by atoms with van der Waals surface area (Å²) >= 11 is 0. The standard InChI is InChI=1S/C17H24N2/c1-11(18)9-13-10-12(2)19-16-14(13)7-6-8-15(16)17(3,4)5/h6-8,10-11H,9,18H2,1-5H3. The second kappa shape index (κ2) is 4.93. The van der Waals surface area contributed by atoms with Gasteiger partial charge in [-0.25, -0.2) is 0 Å². The van der Waals surface area contributed by atoms with Gasteiger partial charge in [-0.15, -0.1) is 0 Å². The molecule has 1 unspecified atom stereocenters. The lowest BCUT2D eigenvalue weighted by Crippen LogP contribution is -2.18. The predicted molar refractivity (Wildman–Crippen MR) is 82.5 cm³/mol. The van der Waals surface area contributed by atoms with Crippen LogP contribution in [0.1, 0.15) is 44.5 Å². The maximum atomic E-state index is 5.97. The van der Waals surface area contributed by atoms with E-state index in [1.165, 1.54) is 16.5 Å². The van der Waals surface area contributed by atoms with E-state index in [2.05, 4.69) is 58.9 Å². The summed E-state index contributed by atoms with van der Waals surface area (Å²) in [6.45, 7) is 10.8. The smallest absolute Gasteiger partial charge is 0.0745 e. The van der Waals surface area contributed by atoms with Gasteiger partial charge in [-0.3, -0.25) is 4.98 Å². The van der Waals surface area contributed by atoms with E-state index in [-0.39, 0.29) is 11.5 Å². The highest BCUT2D eigenvalue weighted by Gasteiger charge is 2.19. The van der Waals surface area contributed by atoms with Crippen molar-refractivity contribution in [3.63, 3.8) is 0 Å². The highest BCUT2D eigenvalue weighted by molar-refractivity contribution is 5.86. The molecule has 2 heteroatoms. The third-order valence-electron chi connectivity index (χ3n) is 3.40. The van der Waals surface area contributed by atoms with Gasteiger partial charge >= 0.3 is 0 Å². The second-order valence-corrected chi connectivity index (χ2v) is 6.56. The Kier molecular flexibility index (Phi) is 3.64. The van der Waals surface area contributed by atoms with Crippen LogP contribution in [0.4, 0.5) is 0 Å². The summed E-state index contributed by atoms with van der Waals surface area (Å²) in [6.07, 6.45) is 0.896. The number of pyridine rings is 1. The summed E-state index contributed by atoms with van der Waals surface area (Å²) in [5.74, 6) is 0. The van der Waals surface area contributed by atoms with Gasteiger partial charge in [0.25, 0.3) is 0 Å². The van der Waals surface area contributed by atoms with Crippen LogP contribution in [0.3, 0.4) is 0 Å². The lowest BCUT2D eigenvalue weighted by Gasteiger charge is -2.22. The lowest BCUT2D eigenvalue weighted by molar-refractivity contribution is 0.594. The van der Waals surface area contributed by atoms with Crippen LogP contribution in [-0.4, -0.2) is 11.0 Å². The second-order valence-electron chi connectivity index (χ2n) is 6.56. The number of aromatic nitrogens is 1. The minimum Gasteiger partial charge on any atom is -0.328 e. The van der Waals surface area contributed by atoms with E-state index >= 15 is 0 Å². The Labute approximate surface area is 116 Å². The predicted octanol–water partition coefficient (Wildman–Crippen LogP) is 3.73. The van der Waals surface area contributed by atoms with Gasteiger partial charge in [0.05, 0.1) is 5.52 Å². The van der Waals surface area contributed by atoms with Crippen molar-refractivity contribution in [3.8, 4) is 0 Å². The van der Waals surface area contributed by atoms with Gasteiger partial charge in [0.1, 0.15) is 0 Å². The van der Waals surface area contributed by atoms with Gasteiger partial charge in [0.15, 0.2) is 0 Å². The summed E-state index contributed by atoms with van der Waals surface area (Å²) in [6, 6.07) is 8.81. The quantitative estimate of drug-likeness (QED) is 0.889. The average Bonchev–Trinajstić information content (AvgIpc) is 2.25. The minimum atomic E-state index is 0.103. The molecule has 2 N–H and O–H groups in total. The largest absolute Gasteiger partial charge is 0.328 e. The summed E-state index contributed by atoms with van der Waals surface area (Å²) < 4.78 is 0. The molecule has 0 fully saturated rings. The summed E-state index contributed by atoms with van der Waals surface area (Å²) in [7, 11) is 0. The molecule has 102 valence electrons. The monoisotopic (exact) mass is 256 g/mol. The molecule has 2 rings (SSSR count). The zero-order chi connectivity index (χ0) is 14.2. The fourth-order valence-electron chi connectivity index (χ4n) is 2.58. The molecule has 0 saturated heterocycles. The van der Waals surface area contributed by atoms with Gasteiger partial charge in [0.2, 0.25) is 0 Å². The first-order chi connectivity index (χ1) is 8.79. The number of nitrogens with two attached hydrogens (primary N) is 1. The number of hydrogen-bond donors (Lipinski definition) is 1. The van der Waals surface area contributed by atoms with Crippen LogP contribution in [-0.2, 0) is 11.8 Å². The normalized spacial score (nSPS) is 13.8. The van der Waals surface area contributed by atoms with Crippen molar-refractivity contribution in [1.29, 1.82) is 0 Å². The molecule has 1 aromatic heterocycles. The Hall–Kier alpha value is -1.41. The van der Waals surface area contributed by atoms with E-state index < -0.39 is 0 Å². The zero-order valence-electron chi connectivity index (χ0n) is 12.6. The highest BCUT2D eigenvalue weighted by Crippen LogP contribution is 2.30. The number of rotatable bonds is 2. The van der Waals surface area contributed by atoms with Crippen molar-refractivity contribution < 1.29 is 0 Å². The number of nitrogens with zero attached hydrogens (tertiary/aromatic N) is 1. The van der Waals surface area contributed by atoms with Crippen molar-refractivity contribution in [2.75, 3.05) is 0 Å². The van der Waals surface area contributed by atoms with Gasteiger partial charge in [-0.1, -0.05) is 39.0 Å².